The molecule has 0 amide bonds. The molecule has 0 saturated heterocycles. The van der Waals surface area contributed by atoms with Crippen molar-refractivity contribution in [3.05, 3.63) is 40.6 Å². The van der Waals surface area contributed by atoms with E-state index in [1.54, 1.807) is 6.07 Å². The smallest absolute Gasteiger partial charge is 0.349 e. The molecule has 2 heterocycles. The Morgan fingerprint density at radius 2 is 1.26 bits per heavy atom. The van der Waals surface area contributed by atoms with Crippen LogP contribution < -0.4 is 0 Å². The van der Waals surface area contributed by atoms with Crippen LogP contribution >= 0.6 is 54.5 Å². The lowest BCUT2D eigenvalue weighted by molar-refractivity contribution is 0.0604. The second kappa shape index (κ2) is 11.3. The van der Waals surface area contributed by atoms with Gasteiger partial charge in [0.25, 0.3) is 0 Å². The van der Waals surface area contributed by atoms with Crippen molar-refractivity contribution in [1.29, 1.82) is 0 Å². The summed E-state index contributed by atoms with van der Waals surface area (Å²) in [7, 11) is 1.37. The van der Waals surface area contributed by atoms with E-state index in [2.05, 4.69) is 60.3 Å². The number of methoxy groups -OCH3 is 1. The first kappa shape index (κ1) is 27.5. The molecule has 2 aromatic rings. The summed E-state index contributed by atoms with van der Waals surface area (Å²) >= 11 is 9.05. The lowest BCUT2D eigenvalue weighted by Gasteiger charge is -2.06. The summed E-state index contributed by atoms with van der Waals surface area (Å²) < 4.78 is 6.00. The molecule has 1 N–H and O–H groups in total. The van der Waals surface area contributed by atoms with Crippen molar-refractivity contribution in [1.82, 2.24) is 0 Å². The van der Waals surface area contributed by atoms with E-state index >= 15 is 0 Å². The molecule has 0 aliphatic carbocycles. The topological polar surface area (TPSA) is 63.6 Å². The second-order valence-electron chi connectivity index (χ2n) is 8.37. The standard InChI is InChI=1S/C12H13BrO2S.C11H11BrO2S/c1-12(2,3)6-5-8-7-9(13)10(16-8)11(14)15-4;1-11(2,3)5-4-7-6-8(12)9(15-7)10(13)14/h7H,1-4H3;6H,1-3H3,(H,13,14). The summed E-state index contributed by atoms with van der Waals surface area (Å²) in [5, 5.41) is 8.84. The van der Waals surface area contributed by atoms with Crippen LogP contribution in [0, 0.1) is 34.5 Å². The van der Waals surface area contributed by atoms with E-state index in [4.69, 9.17) is 5.11 Å². The Morgan fingerprint density at radius 1 is 0.871 bits per heavy atom. The van der Waals surface area contributed by atoms with Crippen LogP contribution in [0.15, 0.2) is 21.1 Å². The molecule has 8 heteroatoms. The molecule has 31 heavy (non-hydrogen) atoms. The zero-order valence-electron chi connectivity index (χ0n) is 18.4. The maximum Gasteiger partial charge on any atom is 0.349 e. The lowest BCUT2D eigenvalue weighted by Crippen LogP contribution is -1.99. The number of hydrogen-bond acceptors (Lipinski definition) is 5. The van der Waals surface area contributed by atoms with Gasteiger partial charge in [-0.15, -0.1) is 22.7 Å². The zero-order chi connectivity index (χ0) is 24.0. The minimum absolute atomic E-state index is 0.0398. The molecule has 166 valence electrons. The number of carbonyl (C=O) groups excluding carboxylic acids is 1. The molecule has 0 fully saturated rings. The van der Waals surface area contributed by atoms with Gasteiger partial charge in [0, 0.05) is 19.8 Å². The van der Waals surface area contributed by atoms with Crippen LogP contribution in [0.4, 0.5) is 0 Å². The van der Waals surface area contributed by atoms with Gasteiger partial charge in [-0.25, -0.2) is 9.59 Å². The largest absolute Gasteiger partial charge is 0.477 e. The Bertz CT molecular complexity index is 1080. The van der Waals surface area contributed by atoms with Crippen LogP contribution in [-0.4, -0.2) is 24.2 Å². The highest BCUT2D eigenvalue weighted by Gasteiger charge is 2.15. The molecule has 0 radical (unpaired) electrons. The number of halogens is 2. The molecular weight excluding hydrogens is 564 g/mol. The zero-order valence-corrected chi connectivity index (χ0v) is 23.2. The van der Waals surface area contributed by atoms with Crippen molar-refractivity contribution in [2.24, 2.45) is 10.8 Å². The Labute approximate surface area is 208 Å². The number of carboxylic acid groups (broad SMARTS) is 1. The van der Waals surface area contributed by atoms with Crippen LogP contribution in [0.2, 0.25) is 0 Å². The van der Waals surface area contributed by atoms with E-state index in [9.17, 15) is 9.59 Å². The van der Waals surface area contributed by atoms with Crippen LogP contribution in [0.25, 0.3) is 0 Å². The van der Waals surface area contributed by atoms with Gasteiger partial charge in [0.15, 0.2) is 0 Å². The van der Waals surface area contributed by atoms with Gasteiger partial charge in [-0.05, 0) is 85.5 Å². The molecule has 0 unspecified atom stereocenters. The Hall–Kier alpha value is -1.58. The number of carboxylic acids is 1. The molecule has 4 nitrogen and oxygen atoms in total. The van der Waals surface area contributed by atoms with Crippen molar-refractivity contribution in [3.63, 3.8) is 0 Å². The molecule has 2 aromatic heterocycles. The molecule has 0 atom stereocenters. The van der Waals surface area contributed by atoms with Gasteiger partial charge in [0.1, 0.15) is 9.75 Å². The maximum atomic E-state index is 11.4. The number of ether oxygens (including phenoxy) is 1. The number of hydrogen-bond donors (Lipinski definition) is 1. The molecule has 0 spiro atoms. The quantitative estimate of drug-likeness (QED) is 0.296. The fraction of sp³-hybridized carbons (Fsp3) is 0.391. The van der Waals surface area contributed by atoms with Crippen LogP contribution in [0.1, 0.15) is 70.6 Å². The minimum atomic E-state index is -0.921. The first-order valence-corrected chi connectivity index (χ1v) is 12.3. The predicted molar refractivity (Wildman–Crippen MR) is 135 cm³/mol. The van der Waals surface area contributed by atoms with E-state index in [1.807, 2.05) is 47.6 Å². The maximum absolute atomic E-state index is 11.4. The van der Waals surface area contributed by atoms with Gasteiger partial charge >= 0.3 is 11.9 Å². The third kappa shape index (κ3) is 10.1. The average Bonchev–Trinajstić information content (AvgIpc) is 3.19. The van der Waals surface area contributed by atoms with E-state index in [0.29, 0.717) is 14.2 Å². The number of carbonyl (C=O) groups is 2. The van der Waals surface area contributed by atoms with Crippen molar-refractivity contribution < 1.29 is 19.4 Å². The minimum Gasteiger partial charge on any atom is -0.477 e. The highest BCUT2D eigenvalue weighted by molar-refractivity contribution is 9.11. The van der Waals surface area contributed by atoms with Crippen LogP contribution in [0.3, 0.4) is 0 Å². The molecule has 0 bridgehead atoms. The summed E-state index contributed by atoms with van der Waals surface area (Å²) in [6.07, 6.45) is 0. The molecule has 0 saturated carbocycles. The first-order valence-electron chi connectivity index (χ1n) is 9.09. The molecular formula is C23H24Br2O4S2. The van der Waals surface area contributed by atoms with Crippen molar-refractivity contribution in [3.8, 4) is 23.7 Å². The highest BCUT2D eigenvalue weighted by atomic mass is 79.9. The average molecular weight is 588 g/mol. The van der Waals surface area contributed by atoms with Gasteiger partial charge in [-0.1, -0.05) is 23.7 Å². The summed E-state index contributed by atoms with van der Waals surface area (Å²) in [5.41, 5.74) is -0.109. The van der Waals surface area contributed by atoms with E-state index in [-0.39, 0.29) is 16.8 Å². The van der Waals surface area contributed by atoms with Crippen LogP contribution in [0.5, 0.6) is 0 Å². The molecule has 0 aromatic carbocycles. The van der Waals surface area contributed by atoms with Gasteiger partial charge in [-0.3, -0.25) is 0 Å². The summed E-state index contributed by atoms with van der Waals surface area (Å²) in [6, 6.07) is 3.59. The number of esters is 1. The molecule has 0 aliphatic heterocycles. The van der Waals surface area contributed by atoms with Gasteiger partial charge in [0.2, 0.25) is 0 Å². The predicted octanol–water partition coefficient (Wildman–Crippen LogP) is 7.30. The van der Waals surface area contributed by atoms with Gasteiger partial charge < -0.3 is 9.84 Å². The van der Waals surface area contributed by atoms with Crippen LogP contribution in [-0.2, 0) is 4.74 Å². The monoisotopic (exact) mass is 586 g/mol. The molecule has 0 aliphatic rings. The van der Waals surface area contributed by atoms with E-state index < -0.39 is 5.97 Å². The van der Waals surface area contributed by atoms with Crippen molar-refractivity contribution in [2.75, 3.05) is 7.11 Å². The SMILES string of the molecule is CC(C)(C)C#Cc1cc(Br)c(C(=O)O)s1.COC(=O)c1sc(C#CC(C)(C)C)cc1Br. The second-order valence-corrected chi connectivity index (χ2v) is 12.2. The number of aromatic carboxylic acids is 1. The van der Waals surface area contributed by atoms with Crippen molar-refractivity contribution >= 4 is 66.5 Å². The Morgan fingerprint density at radius 3 is 1.58 bits per heavy atom. The highest BCUT2D eigenvalue weighted by Crippen LogP contribution is 2.28. The summed E-state index contributed by atoms with van der Waals surface area (Å²) in [4.78, 5) is 24.6. The Kier molecular flexibility index (Phi) is 10.0. The van der Waals surface area contributed by atoms with E-state index in [1.165, 1.54) is 29.8 Å². The summed E-state index contributed by atoms with van der Waals surface area (Å²) in [6.45, 7) is 12.2. The summed E-state index contributed by atoms with van der Waals surface area (Å²) in [5.74, 6) is 11.0. The number of thiophene rings is 2. The molecule has 2 rings (SSSR count). The van der Waals surface area contributed by atoms with Gasteiger partial charge in [0.05, 0.1) is 16.9 Å². The fourth-order valence-electron chi connectivity index (χ4n) is 1.74. The van der Waals surface area contributed by atoms with Gasteiger partial charge in [-0.2, -0.15) is 0 Å². The third-order valence-corrected chi connectivity index (χ3v) is 6.90. The first-order chi connectivity index (χ1) is 14.1. The third-order valence-electron chi connectivity index (χ3n) is 3.06. The lowest BCUT2D eigenvalue weighted by atomic mass is 9.98. The Balaban J connectivity index is 0.000000311. The van der Waals surface area contributed by atoms with Crippen molar-refractivity contribution in [2.45, 2.75) is 41.5 Å². The normalized spacial score (nSPS) is 10.6. The fourth-order valence-corrected chi connectivity index (χ4v) is 4.88. The van der Waals surface area contributed by atoms with E-state index in [0.717, 1.165) is 14.2 Å². The number of rotatable bonds is 2.